The van der Waals surface area contributed by atoms with Crippen LogP contribution in [0.5, 0.6) is 0 Å². The summed E-state index contributed by atoms with van der Waals surface area (Å²) in [6.45, 7) is 2.11. The number of halogens is 3. The Kier molecular flexibility index (Phi) is 4.16. The van der Waals surface area contributed by atoms with Crippen molar-refractivity contribution >= 4 is 10.9 Å². The van der Waals surface area contributed by atoms with Gasteiger partial charge >= 0.3 is 6.18 Å². The Morgan fingerprint density at radius 2 is 1.78 bits per heavy atom. The molecule has 0 bridgehead atoms. The Morgan fingerprint density at radius 3 is 2.52 bits per heavy atom. The van der Waals surface area contributed by atoms with Gasteiger partial charge in [0, 0.05) is 16.6 Å². The fraction of sp³-hybridized carbons (Fsp3) is 0.263. The molecule has 0 saturated carbocycles. The zero-order chi connectivity index (χ0) is 16.4. The number of para-hydroxylation sites is 1. The van der Waals surface area contributed by atoms with E-state index < -0.39 is 11.7 Å². The molecule has 4 heteroatoms. The van der Waals surface area contributed by atoms with E-state index in [2.05, 4.69) is 11.9 Å². The van der Waals surface area contributed by atoms with Gasteiger partial charge in [-0.1, -0.05) is 43.7 Å². The van der Waals surface area contributed by atoms with Crippen molar-refractivity contribution in [2.24, 2.45) is 0 Å². The maximum absolute atomic E-state index is 13.0. The van der Waals surface area contributed by atoms with Crippen molar-refractivity contribution in [2.45, 2.75) is 32.4 Å². The smallest absolute Gasteiger partial charge is 0.354 e. The zero-order valence-electron chi connectivity index (χ0n) is 12.9. The van der Waals surface area contributed by atoms with Crippen LogP contribution in [-0.2, 0) is 12.6 Å². The predicted octanol–water partition coefficient (Wildman–Crippen LogP) is 6.20. The predicted molar refractivity (Wildman–Crippen MR) is 87.3 cm³/mol. The van der Waals surface area contributed by atoms with Gasteiger partial charge in [0.05, 0.1) is 5.56 Å². The summed E-state index contributed by atoms with van der Waals surface area (Å²) < 4.78 is 38.9. The van der Waals surface area contributed by atoms with Crippen LogP contribution in [0.4, 0.5) is 13.2 Å². The standard InChI is InChI=1S/C19H18F3N/c1-2-3-9-16-15-10-4-5-11-17(15)23-18(16)13-7-6-8-14(12-13)19(20,21)22/h4-8,10-12,23H,2-3,9H2,1H3. The van der Waals surface area contributed by atoms with Gasteiger partial charge in [-0.2, -0.15) is 13.2 Å². The largest absolute Gasteiger partial charge is 0.416 e. The fourth-order valence-electron chi connectivity index (χ4n) is 2.91. The number of H-pyrrole nitrogens is 1. The molecule has 120 valence electrons. The van der Waals surface area contributed by atoms with Crippen LogP contribution in [0.25, 0.3) is 22.2 Å². The minimum atomic E-state index is -4.33. The van der Waals surface area contributed by atoms with Gasteiger partial charge in [-0.3, -0.25) is 0 Å². The summed E-state index contributed by atoms with van der Waals surface area (Å²) in [6, 6.07) is 13.4. The highest BCUT2D eigenvalue weighted by Gasteiger charge is 2.30. The third kappa shape index (κ3) is 3.11. The molecule has 23 heavy (non-hydrogen) atoms. The van der Waals surface area contributed by atoms with Crippen LogP contribution in [0, 0.1) is 0 Å². The van der Waals surface area contributed by atoms with Gasteiger partial charge in [-0.25, -0.2) is 0 Å². The van der Waals surface area contributed by atoms with Crippen molar-refractivity contribution in [3.05, 3.63) is 59.7 Å². The van der Waals surface area contributed by atoms with E-state index in [1.54, 1.807) is 6.07 Å². The lowest BCUT2D eigenvalue weighted by Gasteiger charge is -2.09. The normalized spacial score (nSPS) is 12.0. The molecular formula is C19H18F3N. The highest BCUT2D eigenvalue weighted by Crippen LogP contribution is 2.35. The number of nitrogens with one attached hydrogen (secondary N) is 1. The average Bonchev–Trinajstić information content (AvgIpc) is 2.91. The van der Waals surface area contributed by atoms with E-state index in [1.807, 2.05) is 24.3 Å². The van der Waals surface area contributed by atoms with E-state index in [4.69, 9.17) is 0 Å². The summed E-state index contributed by atoms with van der Waals surface area (Å²) in [6.07, 6.45) is -1.42. The minimum absolute atomic E-state index is 0.585. The van der Waals surface area contributed by atoms with Gasteiger partial charge in [-0.15, -0.1) is 0 Å². The Labute approximate surface area is 133 Å². The van der Waals surface area contributed by atoms with Crippen molar-refractivity contribution < 1.29 is 13.2 Å². The number of fused-ring (bicyclic) bond motifs is 1. The molecule has 1 aromatic heterocycles. The molecule has 3 aromatic rings. The molecule has 0 saturated heterocycles. The van der Waals surface area contributed by atoms with Crippen LogP contribution in [0.2, 0.25) is 0 Å². The zero-order valence-corrected chi connectivity index (χ0v) is 12.9. The molecule has 1 heterocycles. The summed E-state index contributed by atoms with van der Waals surface area (Å²) in [5.74, 6) is 0. The second kappa shape index (κ2) is 6.11. The Balaban J connectivity index is 2.15. The summed E-state index contributed by atoms with van der Waals surface area (Å²) in [5, 5.41) is 1.09. The summed E-state index contributed by atoms with van der Waals surface area (Å²) in [4.78, 5) is 3.30. The second-order valence-corrected chi connectivity index (χ2v) is 5.71. The molecule has 0 aliphatic carbocycles. The molecule has 0 unspecified atom stereocenters. The van der Waals surface area contributed by atoms with Crippen molar-refractivity contribution in [1.29, 1.82) is 0 Å². The third-order valence-corrected chi connectivity index (χ3v) is 4.07. The van der Waals surface area contributed by atoms with Gasteiger partial charge in [0.2, 0.25) is 0 Å². The van der Waals surface area contributed by atoms with Gasteiger partial charge in [0.25, 0.3) is 0 Å². The quantitative estimate of drug-likeness (QED) is 0.590. The number of rotatable bonds is 4. The van der Waals surface area contributed by atoms with Crippen molar-refractivity contribution in [1.82, 2.24) is 4.98 Å². The highest BCUT2D eigenvalue weighted by molar-refractivity contribution is 5.90. The minimum Gasteiger partial charge on any atom is -0.354 e. The molecule has 0 aliphatic heterocycles. The Bertz CT molecular complexity index is 815. The Morgan fingerprint density at radius 1 is 1.00 bits per heavy atom. The molecule has 0 atom stereocenters. The number of benzene rings is 2. The SMILES string of the molecule is CCCCc1c(-c2cccc(C(F)(F)F)c2)[nH]c2ccccc12. The number of alkyl halides is 3. The number of hydrogen-bond acceptors (Lipinski definition) is 0. The van der Waals surface area contributed by atoms with Gasteiger partial charge in [-0.05, 0) is 42.2 Å². The lowest BCUT2D eigenvalue weighted by molar-refractivity contribution is -0.137. The number of hydrogen-bond donors (Lipinski definition) is 1. The van der Waals surface area contributed by atoms with Crippen LogP contribution in [0.15, 0.2) is 48.5 Å². The van der Waals surface area contributed by atoms with Crippen LogP contribution < -0.4 is 0 Å². The van der Waals surface area contributed by atoms with Crippen molar-refractivity contribution in [3.63, 3.8) is 0 Å². The van der Waals surface area contributed by atoms with E-state index in [0.29, 0.717) is 5.56 Å². The molecular weight excluding hydrogens is 299 g/mol. The second-order valence-electron chi connectivity index (χ2n) is 5.71. The number of unbranched alkanes of at least 4 members (excludes halogenated alkanes) is 1. The molecule has 0 radical (unpaired) electrons. The lowest BCUT2D eigenvalue weighted by atomic mass is 9.99. The highest BCUT2D eigenvalue weighted by atomic mass is 19.4. The van der Waals surface area contributed by atoms with Gasteiger partial charge < -0.3 is 4.98 Å². The van der Waals surface area contributed by atoms with Gasteiger partial charge in [0.1, 0.15) is 0 Å². The summed E-state index contributed by atoms with van der Waals surface area (Å²) >= 11 is 0. The number of aromatic nitrogens is 1. The molecule has 0 spiro atoms. The first-order valence-electron chi connectivity index (χ1n) is 7.78. The molecule has 2 aromatic carbocycles. The van der Waals surface area contributed by atoms with Crippen molar-refractivity contribution in [2.75, 3.05) is 0 Å². The molecule has 0 amide bonds. The monoisotopic (exact) mass is 317 g/mol. The fourth-order valence-corrected chi connectivity index (χ4v) is 2.91. The van der Waals surface area contributed by atoms with E-state index in [1.165, 1.54) is 12.1 Å². The van der Waals surface area contributed by atoms with Crippen LogP contribution in [0.3, 0.4) is 0 Å². The van der Waals surface area contributed by atoms with Crippen molar-refractivity contribution in [3.8, 4) is 11.3 Å². The molecule has 3 rings (SSSR count). The summed E-state index contributed by atoms with van der Waals surface area (Å²) in [7, 11) is 0. The first kappa shape index (κ1) is 15.7. The topological polar surface area (TPSA) is 15.8 Å². The van der Waals surface area contributed by atoms with E-state index in [9.17, 15) is 13.2 Å². The molecule has 1 nitrogen and oxygen atoms in total. The average molecular weight is 317 g/mol. The Hall–Kier alpha value is -2.23. The van der Waals surface area contributed by atoms with Crippen LogP contribution in [-0.4, -0.2) is 4.98 Å². The molecule has 1 N–H and O–H groups in total. The summed E-state index contributed by atoms with van der Waals surface area (Å²) in [5.41, 5.74) is 2.83. The van der Waals surface area contributed by atoms with E-state index >= 15 is 0 Å². The number of aryl methyl sites for hydroxylation is 1. The third-order valence-electron chi connectivity index (χ3n) is 4.07. The van der Waals surface area contributed by atoms with E-state index in [0.717, 1.165) is 47.5 Å². The molecule has 0 fully saturated rings. The first-order valence-corrected chi connectivity index (χ1v) is 7.78. The maximum Gasteiger partial charge on any atom is 0.416 e. The van der Waals surface area contributed by atoms with Gasteiger partial charge in [0.15, 0.2) is 0 Å². The van der Waals surface area contributed by atoms with E-state index in [-0.39, 0.29) is 0 Å². The number of aromatic amines is 1. The first-order chi connectivity index (χ1) is 11.0. The maximum atomic E-state index is 13.0. The van der Waals surface area contributed by atoms with Crippen LogP contribution in [0.1, 0.15) is 30.9 Å². The molecule has 0 aliphatic rings. The van der Waals surface area contributed by atoms with Crippen LogP contribution >= 0.6 is 0 Å². The lowest BCUT2D eigenvalue weighted by Crippen LogP contribution is -2.04.